The van der Waals surface area contributed by atoms with Gasteiger partial charge in [0.2, 0.25) is 5.91 Å². The number of hydrogen-bond donors (Lipinski definition) is 0. The maximum Gasteiger partial charge on any atom is 0.255 e. The zero-order valence-corrected chi connectivity index (χ0v) is 22.3. The van der Waals surface area contributed by atoms with Crippen molar-refractivity contribution in [3.05, 3.63) is 108 Å². The number of amides is 2. The second kappa shape index (κ2) is 11.2. The molecule has 1 aromatic heterocycles. The van der Waals surface area contributed by atoms with E-state index in [4.69, 9.17) is 16.3 Å². The van der Waals surface area contributed by atoms with E-state index >= 15 is 0 Å². The van der Waals surface area contributed by atoms with Gasteiger partial charge in [-0.05, 0) is 60.5 Å². The second-order valence-electron chi connectivity index (χ2n) is 9.32. The molecule has 1 aliphatic rings. The molecule has 1 atom stereocenters. The average molecular weight is 528 g/mol. The van der Waals surface area contributed by atoms with Crippen LogP contribution >= 0.6 is 11.6 Å². The minimum absolute atomic E-state index is 0.0375. The molecule has 6 nitrogen and oxygen atoms in total. The van der Waals surface area contributed by atoms with E-state index in [1.165, 1.54) is 0 Å². The molecule has 1 unspecified atom stereocenters. The van der Waals surface area contributed by atoms with Gasteiger partial charge in [-0.2, -0.15) is 0 Å². The number of benzene rings is 3. The third-order valence-electron chi connectivity index (χ3n) is 7.07. The van der Waals surface area contributed by atoms with Crippen molar-refractivity contribution >= 4 is 23.4 Å². The number of rotatable bonds is 6. The van der Waals surface area contributed by atoms with E-state index < -0.39 is 5.38 Å². The van der Waals surface area contributed by atoms with Gasteiger partial charge in [0.05, 0.1) is 18.4 Å². The predicted octanol–water partition coefficient (Wildman–Crippen LogP) is 5.73. The Balaban J connectivity index is 1.38. The van der Waals surface area contributed by atoms with Crippen molar-refractivity contribution in [2.45, 2.75) is 12.3 Å². The van der Waals surface area contributed by atoms with E-state index in [0.29, 0.717) is 31.7 Å². The van der Waals surface area contributed by atoms with Gasteiger partial charge in [0.1, 0.15) is 11.1 Å². The average Bonchev–Trinajstić information content (AvgIpc) is 3.33. The fourth-order valence-electron chi connectivity index (χ4n) is 4.93. The SMILES string of the molecule is COc1ccc(-c2cc(C(=O)N3CCN(C(=O)C(Cl)c4ccccc4)CC3)c(C)n2-c2ccccc2)cc1. The highest BCUT2D eigenvalue weighted by atomic mass is 35.5. The number of halogens is 1. The summed E-state index contributed by atoms with van der Waals surface area (Å²) in [5.41, 5.74) is 5.21. The Morgan fingerprint density at radius 3 is 2.00 bits per heavy atom. The summed E-state index contributed by atoms with van der Waals surface area (Å²) in [6.45, 7) is 3.79. The molecule has 1 saturated heterocycles. The smallest absolute Gasteiger partial charge is 0.255 e. The normalized spacial score (nSPS) is 14.3. The molecule has 7 heteroatoms. The van der Waals surface area contributed by atoms with Gasteiger partial charge in [-0.1, -0.05) is 48.5 Å². The quantitative estimate of drug-likeness (QED) is 0.301. The Labute approximate surface area is 228 Å². The van der Waals surface area contributed by atoms with Crippen LogP contribution in [0.25, 0.3) is 16.9 Å². The number of ether oxygens (including phenoxy) is 1. The molecule has 0 saturated carbocycles. The van der Waals surface area contributed by atoms with Crippen LogP contribution in [-0.2, 0) is 4.79 Å². The molecule has 3 aromatic carbocycles. The summed E-state index contributed by atoms with van der Waals surface area (Å²) in [5.74, 6) is 0.612. The minimum Gasteiger partial charge on any atom is -0.497 e. The molecule has 2 heterocycles. The topological polar surface area (TPSA) is 54.8 Å². The van der Waals surface area contributed by atoms with Gasteiger partial charge >= 0.3 is 0 Å². The van der Waals surface area contributed by atoms with Crippen LogP contribution in [0.2, 0.25) is 0 Å². The van der Waals surface area contributed by atoms with Crippen molar-refractivity contribution in [2.24, 2.45) is 0 Å². The van der Waals surface area contributed by atoms with Crippen LogP contribution in [0.3, 0.4) is 0 Å². The van der Waals surface area contributed by atoms with Crippen LogP contribution in [0.15, 0.2) is 91.0 Å². The highest BCUT2D eigenvalue weighted by Gasteiger charge is 2.30. The number of methoxy groups -OCH3 is 1. The molecular weight excluding hydrogens is 498 g/mol. The molecule has 0 radical (unpaired) electrons. The Kier molecular flexibility index (Phi) is 7.52. The lowest BCUT2D eigenvalue weighted by atomic mass is 10.1. The molecular formula is C31H30ClN3O3. The summed E-state index contributed by atoms with van der Waals surface area (Å²) in [6, 6.07) is 29.2. The van der Waals surface area contributed by atoms with Gasteiger partial charge in [0.25, 0.3) is 5.91 Å². The monoisotopic (exact) mass is 527 g/mol. The van der Waals surface area contributed by atoms with E-state index in [9.17, 15) is 9.59 Å². The van der Waals surface area contributed by atoms with Gasteiger partial charge in [-0.15, -0.1) is 11.6 Å². The number of carbonyl (C=O) groups excluding carboxylic acids is 2. The first kappa shape index (κ1) is 25.6. The maximum atomic E-state index is 13.7. The maximum absolute atomic E-state index is 13.7. The summed E-state index contributed by atoms with van der Waals surface area (Å²) >= 11 is 6.48. The summed E-state index contributed by atoms with van der Waals surface area (Å²) < 4.78 is 7.45. The van der Waals surface area contributed by atoms with Crippen molar-refractivity contribution in [3.8, 4) is 22.7 Å². The van der Waals surface area contributed by atoms with Crippen molar-refractivity contribution in [1.82, 2.24) is 14.4 Å². The summed E-state index contributed by atoms with van der Waals surface area (Å²) in [7, 11) is 1.64. The number of nitrogens with zero attached hydrogens (tertiary/aromatic N) is 3. The Bertz CT molecular complexity index is 1410. The fraction of sp³-hybridized carbons (Fsp3) is 0.226. The van der Waals surface area contributed by atoms with Crippen LogP contribution in [0.5, 0.6) is 5.75 Å². The molecule has 0 N–H and O–H groups in total. The molecule has 4 aromatic rings. The predicted molar refractivity (Wildman–Crippen MR) is 150 cm³/mol. The molecule has 1 aliphatic heterocycles. The van der Waals surface area contributed by atoms with Crippen LogP contribution < -0.4 is 4.74 Å². The number of alkyl halides is 1. The molecule has 2 amide bonds. The largest absolute Gasteiger partial charge is 0.497 e. The van der Waals surface area contributed by atoms with E-state index in [1.54, 1.807) is 12.0 Å². The fourth-order valence-corrected chi connectivity index (χ4v) is 5.22. The lowest BCUT2D eigenvalue weighted by Crippen LogP contribution is -2.51. The van der Waals surface area contributed by atoms with E-state index in [0.717, 1.165) is 34.0 Å². The van der Waals surface area contributed by atoms with Crippen molar-refractivity contribution in [2.75, 3.05) is 33.3 Å². The number of carbonyl (C=O) groups is 2. The van der Waals surface area contributed by atoms with E-state index in [1.807, 2.05) is 103 Å². The summed E-state index contributed by atoms with van der Waals surface area (Å²) in [6.07, 6.45) is 0. The third kappa shape index (κ3) is 5.04. The Morgan fingerprint density at radius 1 is 0.816 bits per heavy atom. The first-order valence-corrected chi connectivity index (χ1v) is 13.1. The number of piperazine rings is 1. The van der Waals surface area contributed by atoms with Crippen molar-refractivity contribution in [1.29, 1.82) is 0 Å². The van der Waals surface area contributed by atoms with Crippen LogP contribution in [0.4, 0.5) is 0 Å². The van der Waals surface area contributed by atoms with Gasteiger partial charge in [-0.3, -0.25) is 9.59 Å². The summed E-state index contributed by atoms with van der Waals surface area (Å²) in [5, 5.41) is -0.729. The highest BCUT2D eigenvalue weighted by Crippen LogP contribution is 2.32. The van der Waals surface area contributed by atoms with E-state index in [2.05, 4.69) is 4.57 Å². The van der Waals surface area contributed by atoms with Gasteiger partial charge in [-0.25, -0.2) is 0 Å². The lowest BCUT2D eigenvalue weighted by molar-refractivity contribution is -0.132. The zero-order valence-electron chi connectivity index (χ0n) is 21.5. The Morgan fingerprint density at radius 2 is 1.39 bits per heavy atom. The summed E-state index contributed by atoms with van der Waals surface area (Å²) in [4.78, 5) is 30.3. The van der Waals surface area contributed by atoms with Gasteiger partial charge < -0.3 is 19.1 Å². The minimum atomic E-state index is -0.729. The third-order valence-corrected chi connectivity index (χ3v) is 7.50. The van der Waals surface area contributed by atoms with Gasteiger partial charge in [0, 0.05) is 37.6 Å². The molecule has 5 rings (SSSR count). The molecule has 0 spiro atoms. The van der Waals surface area contributed by atoms with E-state index in [-0.39, 0.29) is 11.8 Å². The van der Waals surface area contributed by atoms with Crippen LogP contribution in [0, 0.1) is 6.92 Å². The lowest BCUT2D eigenvalue weighted by Gasteiger charge is -2.35. The first-order chi connectivity index (χ1) is 18.5. The highest BCUT2D eigenvalue weighted by molar-refractivity contribution is 6.30. The molecule has 1 fully saturated rings. The number of hydrogen-bond acceptors (Lipinski definition) is 3. The Hall–Kier alpha value is -4.03. The van der Waals surface area contributed by atoms with Crippen LogP contribution in [0.1, 0.15) is 27.0 Å². The van der Waals surface area contributed by atoms with Crippen molar-refractivity contribution < 1.29 is 14.3 Å². The first-order valence-electron chi connectivity index (χ1n) is 12.7. The number of aromatic nitrogens is 1. The molecule has 194 valence electrons. The molecule has 38 heavy (non-hydrogen) atoms. The van der Waals surface area contributed by atoms with Crippen LogP contribution in [-0.4, -0.2) is 59.5 Å². The van der Waals surface area contributed by atoms with Gasteiger partial charge in [0.15, 0.2) is 0 Å². The zero-order chi connectivity index (χ0) is 26.6. The molecule has 0 aliphatic carbocycles. The van der Waals surface area contributed by atoms with Crippen molar-refractivity contribution in [3.63, 3.8) is 0 Å². The number of para-hydroxylation sites is 1. The standard InChI is InChI=1S/C31H30ClN3O3/c1-22-27(21-28(23-13-15-26(38-2)16-14-23)35(22)25-11-7-4-8-12-25)30(36)33-17-19-34(20-18-33)31(37)29(32)24-9-5-3-6-10-24/h3-16,21,29H,17-20H2,1-2H3. The molecule has 0 bridgehead atoms. The second-order valence-corrected chi connectivity index (χ2v) is 9.76.